The minimum absolute atomic E-state index is 0.278. The predicted molar refractivity (Wildman–Crippen MR) is 72.8 cm³/mol. The molecular formula is C15H16O2S. The molecule has 2 aromatic rings. The van der Waals surface area contributed by atoms with Crippen molar-refractivity contribution in [2.45, 2.75) is 37.6 Å². The Morgan fingerprint density at radius 2 is 2.22 bits per heavy atom. The van der Waals surface area contributed by atoms with Crippen molar-refractivity contribution in [3.05, 3.63) is 35.2 Å². The summed E-state index contributed by atoms with van der Waals surface area (Å²) >= 11 is 1.72. The molecule has 0 saturated carbocycles. The summed E-state index contributed by atoms with van der Waals surface area (Å²) in [4.78, 5) is 0. The zero-order valence-electron chi connectivity index (χ0n) is 10.1. The molecule has 2 aliphatic rings. The van der Waals surface area contributed by atoms with E-state index in [1.165, 1.54) is 16.5 Å². The zero-order valence-corrected chi connectivity index (χ0v) is 10.9. The van der Waals surface area contributed by atoms with Gasteiger partial charge in [-0.15, -0.1) is 11.3 Å². The van der Waals surface area contributed by atoms with Crippen molar-refractivity contribution in [3.63, 3.8) is 0 Å². The third-order valence-electron chi connectivity index (χ3n) is 4.39. The third-order valence-corrected chi connectivity index (χ3v) is 5.37. The summed E-state index contributed by atoms with van der Waals surface area (Å²) in [5.41, 5.74) is 1.09. The highest BCUT2D eigenvalue weighted by Crippen LogP contribution is 2.46. The molecule has 2 fully saturated rings. The monoisotopic (exact) mass is 260 g/mol. The molecule has 4 unspecified atom stereocenters. The van der Waals surface area contributed by atoms with Gasteiger partial charge >= 0.3 is 0 Å². The molecule has 1 N–H and O–H groups in total. The van der Waals surface area contributed by atoms with Crippen molar-refractivity contribution in [2.75, 3.05) is 0 Å². The number of rotatable bonds is 2. The average molecular weight is 260 g/mol. The molecule has 94 valence electrons. The summed E-state index contributed by atoms with van der Waals surface area (Å²) in [6.45, 7) is 0. The molecule has 1 aromatic heterocycles. The van der Waals surface area contributed by atoms with Gasteiger partial charge in [0.25, 0.3) is 0 Å². The fourth-order valence-corrected chi connectivity index (χ4v) is 4.44. The highest BCUT2D eigenvalue weighted by molar-refractivity contribution is 7.17. The molecule has 0 spiro atoms. The molecule has 3 heteroatoms. The smallest absolute Gasteiger partial charge is 0.0857 e. The summed E-state index contributed by atoms with van der Waals surface area (Å²) in [7, 11) is 0. The number of aliphatic hydroxyl groups is 1. The summed E-state index contributed by atoms with van der Waals surface area (Å²) in [5.74, 6) is 0.288. The van der Waals surface area contributed by atoms with E-state index in [-0.39, 0.29) is 18.1 Å². The van der Waals surface area contributed by atoms with Gasteiger partial charge in [0.1, 0.15) is 0 Å². The van der Waals surface area contributed by atoms with Crippen LogP contribution in [0.3, 0.4) is 0 Å². The molecule has 3 heterocycles. The molecule has 2 bridgehead atoms. The van der Waals surface area contributed by atoms with E-state index in [4.69, 9.17) is 4.74 Å². The molecule has 18 heavy (non-hydrogen) atoms. The molecule has 2 saturated heterocycles. The molecule has 4 atom stereocenters. The minimum atomic E-state index is -0.373. The van der Waals surface area contributed by atoms with Gasteiger partial charge in [-0.25, -0.2) is 0 Å². The van der Waals surface area contributed by atoms with Crippen LogP contribution >= 0.6 is 11.3 Å². The lowest BCUT2D eigenvalue weighted by atomic mass is 9.82. The second-order valence-corrected chi connectivity index (χ2v) is 6.32. The summed E-state index contributed by atoms with van der Waals surface area (Å²) in [6.07, 6.45) is 3.62. The first-order valence-corrected chi connectivity index (χ1v) is 7.50. The maximum Gasteiger partial charge on any atom is 0.0857 e. The first kappa shape index (κ1) is 11.0. The van der Waals surface area contributed by atoms with Crippen molar-refractivity contribution in [3.8, 4) is 0 Å². The van der Waals surface area contributed by atoms with Crippen LogP contribution in [0.1, 0.15) is 30.9 Å². The number of fused-ring (bicyclic) bond motifs is 3. The lowest BCUT2D eigenvalue weighted by molar-refractivity contribution is 0.0430. The Balaban J connectivity index is 1.72. The van der Waals surface area contributed by atoms with E-state index in [0.717, 1.165) is 18.4 Å². The first-order chi connectivity index (χ1) is 8.83. The third kappa shape index (κ3) is 1.54. The Labute approximate surface area is 110 Å². The van der Waals surface area contributed by atoms with E-state index >= 15 is 0 Å². The fraction of sp³-hybridized carbons (Fsp3) is 0.467. The van der Waals surface area contributed by atoms with Gasteiger partial charge in [-0.3, -0.25) is 0 Å². The molecular weight excluding hydrogens is 244 g/mol. The van der Waals surface area contributed by atoms with E-state index in [1.54, 1.807) is 11.3 Å². The van der Waals surface area contributed by atoms with Crippen LogP contribution < -0.4 is 0 Å². The molecule has 4 rings (SSSR count). The Hall–Kier alpha value is -0.900. The molecule has 0 radical (unpaired) electrons. The van der Waals surface area contributed by atoms with Crippen LogP contribution in [0.5, 0.6) is 0 Å². The Morgan fingerprint density at radius 3 is 3.00 bits per heavy atom. The van der Waals surface area contributed by atoms with E-state index in [1.807, 2.05) is 6.07 Å². The number of thiophene rings is 1. The number of aliphatic hydroxyl groups excluding tert-OH is 1. The molecule has 2 aliphatic heterocycles. The van der Waals surface area contributed by atoms with Crippen LogP contribution in [0.15, 0.2) is 29.6 Å². The highest BCUT2D eigenvalue weighted by atomic mass is 32.1. The minimum Gasteiger partial charge on any atom is -0.388 e. The maximum atomic E-state index is 10.7. The van der Waals surface area contributed by atoms with Gasteiger partial charge in [0, 0.05) is 10.6 Å². The summed E-state index contributed by atoms with van der Waals surface area (Å²) in [6, 6.07) is 8.34. The number of hydrogen-bond acceptors (Lipinski definition) is 3. The topological polar surface area (TPSA) is 29.5 Å². The van der Waals surface area contributed by atoms with Gasteiger partial charge in [0.2, 0.25) is 0 Å². The van der Waals surface area contributed by atoms with E-state index < -0.39 is 0 Å². The van der Waals surface area contributed by atoms with E-state index in [9.17, 15) is 5.11 Å². The largest absolute Gasteiger partial charge is 0.388 e. The van der Waals surface area contributed by atoms with Gasteiger partial charge < -0.3 is 9.84 Å². The van der Waals surface area contributed by atoms with Gasteiger partial charge in [-0.1, -0.05) is 18.2 Å². The Morgan fingerprint density at radius 1 is 1.28 bits per heavy atom. The second-order valence-electron chi connectivity index (χ2n) is 5.40. The Kier molecular flexibility index (Phi) is 2.47. The van der Waals surface area contributed by atoms with Crippen LogP contribution in [0.25, 0.3) is 10.1 Å². The van der Waals surface area contributed by atoms with Gasteiger partial charge in [-0.2, -0.15) is 0 Å². The van der Waals surface area contributed by atoms with Crippen molar-refractivity contribution in [2.24, 2.45) is 5.92 Å². The van der Waals surface area contributed by atoms with Crippen molar-refractivity contribution < 1.29 is 9.84 Å². The van der Waals surface area contributed by atoms with Crippen LogP contribution in [0.4, 0.5) is 0 Å². The first-order valence-electron chi connectivity index (χ1n) is 6.62. The number of ether oxygens (including phenoxy) is 1. The molecule has 0 amide bonds. The Bertz CT molecular complexity index is 577. The van der Waals surface area contributed by atoms with Crippen LogP contribution in [0, 0.1) is 5.92 Å². The van der Waals surface area contributed by atoms with E-state index in [2.05, 4.69) is 23.6 Å². The highest BCUT2D eigenvalue weighted by Gasteiger charge is 2.44. The normalized spacial score (nSPS) is 32.2. The summed E-state index contributed by atoms with van der Waals surface area (Å²) < 4.78 is 7.09. The lowest BCUT2D eigenvalue weighted by Crippen LogP contribution is -2.23. The molecule has 0 aliphatic carbocycles. The number of benzene rings is 1. The zero-order chi connectivity index (χ0) is 12.1. The van der Waals surface area contributed by atoms with Crippen LogP contribution in [-0.2, 0) is 4.74 Å². The quantitative estimate of drug-likeness (QED) is 0.895. The molecule has 2 nitrogen and oxygen atoms in total. The SMILES string of the molecule is OC(c1cccc2ccsc12)C1CC2CCC1O2. The van der Waals surface area contributed by atoms with Crippen LogP contribution in [-0.4, -0.2) is 17.3 Å². The van der Waals surface area contributed by atoms with Gasteiger partial charge in [0.05, 0.1) is 18.3 Å². The van der Waals surface area contributed by atoms with Gasteiger partial charge in [-0.05, 0) is 41.7 Å². The maximum absolute atomic E-state index is 10.7. The fourth-order valence-electron chi connectivity index (χ4n) is 3.49. The predicted octanol–water partition coefficient (Wildman–Crippen LogP) is 3.50. The van der Waals surface area contributed by atoms with E-state index in [0.29, 0.717) is 6.10 Å². The second kappa shape index (κ2) is 4.05. The van der Waals surface area contributed by atoms with Gasteiger partial charge in [0.15, 0.2) is 0 Å². The van der Waals surface area contributed by atoms with Crippen LogP contribution in [0.2, 0.25) is 0 Å². The lowest BCUT2D eigenvalue weighted by Gasteiger charge is -2.24. The average Bonchev–Trinajstić information content (AvgIpc) is 3.12. The van der Waals surface area contributed by atoms with Crippen molar-refractivity contribution >= 4 is 21.4 Å². The van der Waals surface area contributed by atoms with Crippen molar-refractivity contribution in [1.82, 2.24) is 0 Å². The number of hydrogen-bond donors (Lipinski definition) is 1. The standard InChI is InChI=1S/C15H16O2S/c16-14(12-8-10-4-5-13(12)17-10)11-3-1-2-9-6-7-18-15(9)11/h1-3,6-7,10,12-14,16H,4-5,8H2. The molecule has 1 aromatic carbocycles. The van der Waals surface area contributed by atoms with Crippen molar-refractivity contribution in [1.29, 1.82) is 0 Å². The summed E-state index contributed by atoms with van der Waals surface area (Å²) in [5, 5.41) is 14.0.